The van der Waals surface area contributed by atoms with Gasteiger partial charge in [-0.05, 0) is 62.2 Å². The Kier molecular flexibility index (Phi) is 11.5. The van der Waals surface area contributed by atoms with E-state index in [0.29, 0.717) is 75.6 Å². The molecule has 0 fully saturated rings. The Labute approximate surface area is 212 Å². The highest BCUT2D eigenvalue weighted by atomic mass is 16.6. The Balaban J connectivity index is 1.51. The Morgan fingerprint density at radius 1 is 0.889 bits per heavy atom. The third-order valence-electron chi connectivity index (χ3n) is 5.46. The summed E-state index contributed by atoms with van der Waals surface area (Å²) in [5.41, 5.74) is 2.33. The summed E-state index contributed by atoms with van der Waals surface area (Å²) in [5.74, 6) is 1.87. The summed E-state index contributed by atoms with van der Waals surface area (Å²) in [5, 5.41) is 6.18. The number of carbonyl (C=O) groups is 1. The van der Waals surface area contributed by atoms with E-state index in [4.69, 9.17) is 28.4 Å². The van der Waals surface area contributed by atoms with Gasteiger partial charge in [-0.15, -0.1) is 0 Å². The van der Waals surface area contributed by atoms with E-state index in [0.717, 1.165) is 24.1 Å². The number of nitrogens with zero attached hydrogens (tertiary/aromatic N) is 2. The van der Waals surface area contributed by atoms with Gasteiger partial charge < -0.3 is 28.4 Å². The summed E-state index contributed by atoms with van der Waals surface area (Å²) >= 11 is 0. The van der Waals surface area contributed by atoms with Gasteiger partial charge in [0.25, 0.3) is 5.91 Å². The van der Waals surface area contributed by atoms with Crippen molar-refractivity contribution >= 4 is 11.6 Å². The second-order valence-corrected chi connectivity index (χ2v) is 7.97. The topological polar surface area (TPSA) is 88.1 Å². The standard InChI is InChI=1S/C27H36N2O7/c1-4-35-26-20-22(9-12-25(26)32-3)24-6-5-13-29(28-24)27(30)21-7-10-23(11-8-21)36-19-18-34-17-16-33-15-14-31-2/h7-12,20H,4-6,13-19H2,1-3H3. The molecule has 3 rings (SSSR count). The molecule has 36 heavy (non-hydrogen) atoms. The summed E-state index contributed by atoms with van der Waals surface area (Å²) in [6, 6.07) is 12.8. The van der Waals surface area contributed by atoms with Crippen LogP contribution in [0.25, 0.3) is 0 Å². The van der Waals surface area contributed by atoms with Crippen LogP contribution < -0.4 is 14.2 Å². The van der Waals surface area contributed by atoms with Crippen molar-refractivity contribution in [2.24, 2.45) is 5.10 Å². The summed E-state index contributed by atoms with van der Waals surface area (Å²) < 4.78 is 32.5. The maximum Gasteiger partial charge on any atom is 0.273 e. The summed E-state index contributed by atoms with van der Waals surface area (Å²) in [6.07, 6.45) is 1.62. The molecule has 196 valence electrons. The predicted molar refractivity (Wildman–Crippen MR) is 136 cm³/mol. The lowest BCUT2D eigenvalue weighted by Gasteiger charge is -2.24. The van der Waals surface area contributed by atoms with Gasteiger partial charge in [-0.1, -0.05) is 0 Å². The summed E-state index contributed by atoms with van der Waals surface area (Å²) in [6.45, 7) is 6.06. The molecule has 0 N–H and O–H groups in total. The molecule has 0 unspecified atom stereocenters. The first-order chi connectivity index (χ1) is 17.7. The molecule has 2 aromatic carbocycles. The SMILES string of the molecule is CCOc1cc(C2=NN(C(=O)c3ccc(OCCOCCOCCOC)cc3)CCC2)ccc1OC. The summed E-state index contributed by atoms with van der Waals surface area (Å²) in [4.78, 5) is 13.1. The zero-order chi connectivity index (χ0) is 25.6. The third-order valence-corrected chi connectivity index (χ3v) is 5.46. The molecule has 1 aliphatic rings. The average Bonchev–Trinajstić information content (AvgIpc) is 2.92. The molecule has 1 heterocycles. The number of ether oxygens (including phenoxy) is 6. The molecule has 0 saturated carbocycles. The van der Waals surface area contributed by atoms with Crippen LogP contribution >= 0.6 is 0 Å². The number of hydrogen-bond donors (Lipinski definition) is 0. The van der Waals surface area contributed by atoms with Crippen LogP contribution in [-0.2, 0) is 14.2 Å². The Bertz CT molecular complexity index is 979. The molecule has 1 aliphatic heterocycles. The highest BCUT2D eigenvalue weighted by Crippen LogP contribution is 2.29. The zero-order valence-electron chi connectivity index (χ0n) is 21.4. The van der Waals surface area contributed by atoms with Crippen LogP contribution in [0.2, 0.25) is 0 Å². The quantitative estimate of drug-likeness (QED) is 0.344. The van der Waals surface area contributed by atoms with Crippen molar-refractivity contribution in [1.29, 1.82) is 0 Å². The molecular formula is C27H36N2O7. The van der Waals surface area contributed by atoms with E-state index < -0.39 is 0 Å². The fourth-order valence-electron chi connectivity index (χ4n) is 3.64. The van der Waals surface area contributed by atoms with E-state index in [1.807, 2.05) is 25.1 Å². The van der Waals surface area contributed by atoms with Crippen LogP contribution in [-0.4, -0.2) is 83.6 Å². The van der Waals surface area contributed by atoms with Gasteiger partial charge in [0.1, 0.15) is 12.4 Å². The van der Waals surface area contributed by atoms with E-state index in [1.54, 1.807) is 38.5 Å². The first-order valence-corrected chi connectivity index (χ1v) is 12.2. The number of hydrogen-bond acceptors (Lipinski definition) is 8. The molecule has 2 aromatic rings. The van der Waals surface area contributed by atoms with E-state index in [1.165, 1.54) is 5.01 Å². The lowest BCUT2D eigenvalue weighted by molar-refractivity contribution is 0.0180. The number of carbonyl (C=O) groups excluding carboxylic acids is 1. The number of hydrazone groups is 1. The van der Waals surface area contributed by atoms with Crippen molar-refractivity contribution in [2.75, 3.05) is 67.0 Å². The van der Waals surface area contributed by atoms with Crippen molar-refractivity contribution < 1.29 is 33.2 Å². The lowest BCUT2D eigenvalue weighted by atomic mass is 10.0. The minimum Gasteiger partial charge on any atom is -0.493 e. The molecule has 9 nitrogen and oxygen atoms in total. The fourth-order valence-corrected chi connectivity index (χ4v) is 3.64. The normalized spacial score (nSPS) is 13.3. The van der Waals surface area contributed by atoms with Gasteiger partial charge in [-0.3, -0.25) is 4.79 Å². The third kappa shape index (κ3) is 8.22. The van der Waals surface area contributed by atoms with Crippen molar-refractivity contribution in [3.05, 3.63) is 53.6 Å². The van der Waals surface area contributed by atoms with Crippen molar-refractivity contribution in [2.45, 2.75) is 19.8 Å². The minimum absolute atomic E-state index is 0.144. The van der Waals surface area contributed by atoms with Crippen LogP contribution in [0.3, 0.4) is 0 Å². The molecule has 0 saturated heterocycles. The molecule has 0 atom stereocenters. The van der Waals surface area contributed by atoms with Gasteiger partial charge in [0, 0.05) is 24.8 Å². The highest BCUT2D eigenvalue weighted by Gasteiger charge is 2.21. The number of benzene rings is 2. The van der Waals surface area contributed by atoms with Gasteiger partial charge in [0.05, 0.1) is 52.5 Å². The maximum atomic E-state index is 13.1. The molecule has 1 amide bonds. The van der Waals surface area contributed by atoms with E-state index in [9.17, 15) is 4.79 Å². The zero-order valence-corrected chi connectivity index (χ0v) is 21.4. The fraction of sp³-hybridized carbons (Fsp3) is 0.481. The molecule has 0 bridgehead atoms. The second-order valence-electron chi connectivity index (χ2n) is 7.97. The van der Waals surface area contributed by atoms with Crippen molar-refractivity contribution in [1.82, 2.24) is 5.01 Å². The second kappa shape index (κ2) is 15.1. The number of amides is 1. The first kappa shape index (κ1) is 27.4. The molecule has 0 aromatic heterocycles. The Hall–Kier alpha value is -3.14. The number of rotatable bonds is 15. The van der Waals surface area contributed by atoms with Crippen LogP contribution in [0, 0.1) is 0 Å². The van der Waals surface area contributed by atoms with Crippen LogP contribution in [0.15, 0.2) is 47.6 Å². The van der Waals surface area contributed by atoms with Crippen LogP contribution in [0.1, 0.15) is 35.7 Å². The van der Waals surface area contributed by atoms with E-state index >= 15 is 0 Å². The van der Waals surface area contributed by atoms with E-state index in [2.05, 4.69) is 5.10 Å². The lowest BCUT2D eigenvalue weighted by Crippen LogP contribution is -2.32. The molecule has 0 radical (unpaired) electrons. The molecule has 0 aliphatic carbocycles. The van der Waals surface area contributed by atoms with Crippen LogP contribution in [0.5, 0.6) is 17.2 Å². The monoisotopic (exact) mass is 500 g/mol. The highest BCUT2D eigenvalue weighted by molar-refractivity contribution is 6.03. The van der Waals surface area contributed by atoms with Crippen LogP contribution in [0.4, 0.5) is 0 Å². The largest absolute Gasteiger partial charge is 0.493 e. The van der Waals surface area contributed by atoms with Gasteiger partial charge in [-0.2, -0.15) is 5.10 Å². The maximum absolute atomic E-state index is 13.1. The molecule has 9 heteroatoms. The molecule has 0 spiro atoms. The Morgan fingerprint density at radius 2 is 1.61 bits per heavy atom. The van der Waals surface area contributed by atoms with E-state index in [-0.39, 0.29) is 5.91 Å². The molecular weight excluding hydrogens is 464 g/mol. The van der Waals surface area contributed by atoms with Gasteiger partial charge in [-0.25, -0.2) is 5.01 Å². The summed E-state index contributed by atoms with van der Waals surface area (Å²) in [7, 11) is 3.25. The predicted octanol–water partition coefficient (Wildman–Crippen LogP) is 3.79. The smallest absolute Gasteiger partial charge is 0.273 e. The van der Waals surface area contributed by atoms with Gasteiger partial charge in [0.15, 0.2) is 11.5 Å². The van der Waals surface area contributed by atoms with Gasteiger partial charge in [0.2, 0.25) is 0 Å². The van der Waals surface area contributed by atoms with Gasteiger partial charge >= 0.3 is 0 Å². The van der Waals surface area contributed by atoms with Crippen molar-refractivity contribution in [3.63, 3.8) is 0 Å². The average molecular weight is 501 g/mol. The Morgan fingerprint density at radius 3 is 2.31 bits per heavy atom. The number of methoxy groups -OCH3 is 2. The first-order valence-electron chi connectivity index (χ1n) is 12.2. The minimum atomic E-state index is -0.144. The van der Waals surface area contributed by atoms with Crippen molar-refractivity contribution in [3.8, 4) is 17.2 Å².